The highest BCUT2D eigenvalue weighted by molar-refractivity contribution is 6.74. The van der Waals surface area contributed by atoms with Gasteiger partial charge < -0.3 is 14.6 Å². The van der Waals surface area contributed by atoms with Crippen molar-refractivity contribution in [3.8, 4) is 0 Å². The molecule has 0 aliphatic carbocycles. The van der Waals surface area contributed by atoms with Gasteiger partial charge in [0.2, 0.25) is 0 Å². The predicted octanol–water partition coefficient (Wildman–Crippen LogP) is 6.40. The molecule has 2 atom stereocenters. The van der Waals surface area contributed by atoms with E-state index in [4.69, 9.17) is 4.43 Å². The van der Waals surface area contributed by atoms with Gasteiger partial charge in [-0.25, -0.2) is 0 Å². The number of aryl methyl sites for hydroxylation is 1. The zero-order valence-electron chi connectivity index (χ0n) is 19.1. The van der Waals surface area contributed by atoms with Crippen molar-refractivity contribution in [3.63, 3.8) is 0 Å². The largest absolute Gasteiger partial charge is 0.410 e. The Bertz CT molecular complexity index is 534. The molecule has 1 aromatic carbocycles. The second-order valence-corrected chi connectivity index (χ2v) is 14.5. The van der Waals surface area contributed by atoms with Crippen LogP contribution in [0.5, 0.6) is 0 Å². The summed E-state index contributed by atoms with van der Waals surface area (Å²) in [6.07, 6.45) is 8.53. The van der Waals surface area contributed by atoms with Crippen LogP contribution in [0.2, 0.25) is 18.1 Å². The van der Waals surface area contributed by atoms with Crippen LogP contribution in [0.4, 0.5) is 0 Å². The van der Waals surface area contributed by atoms with E-state index in [1.165, 1.54) is 44.1 Å². The summed E-state index contributed by atoms with van der Waals surface area (Å²) in [6.45, 7) is 13.2. The number of benzene rings is 1. The third-order valence-corrected chi connectivity index (χ3v) is 10.6. The quantitative estimate of drug-likeness (QED) is 0.293. The van der Waals surface area contributed by atoms with Crippen LogP contribution in [0.15, 0.2) is 24.3 Å². The lowest BCUT2D eigenvalue weighted by molar-refractivity contribution is 0.0452. The van der Waals surface area contributed by atoms with Crippen molar-refractivity contribution < 1.29 is 14.6 Å². The Morgan fingerprint density at radius 3 is 2.07 bits per heavy atom. The van der Waals surface area contributed by atoms with Crippen LogP contribution in [0, 0.1) is 0 Å². The highest BCUT2D eigenvalue weighted by Crippen LogP contribution is 2.40. The van der Waals surface area contributed by atoms with Gasteiger partial charge in [0.05, 0.1) is 18.8 Å². The van der Waals surface area contributed by atoms with Gasteiger partial charge in [0.25, 0.3) is 0 Å². The van der Waals surface area contributed by atoms with Crippen LogP contribution < -0.4 is 0 Å². The topological polar surface area (TPSA) is 49.7 Å². The minimum atomic E-state index is -1.97. The molecular formula is C24H44O3Si. The Balaban J connectivity index is 2.74. The number of hydrogen-bond acceptors (Lipinski definition) is 3. The van der Waals surface area contributed by atoms with E-state index >= 15 is 0 Å². The zero-order valence-corrected chi connectivity index (χ0v) is 20.1. The molecule has 0 bridgehead atoms. The van der Waals surface area contributed by atoms with Gasteiger partial charge in [-0.3, -0.25) is 0 Å². The molecule has 4 heteroatoms. The summed E-state index contributed by atoms with van der Waals surface area (Å²) in [5, 5.41) is 19.5. The second kappa shape index (κ2) is 12.1. The Labute approximate surface area is 174 Å². The lowest BCUT2D eigenvalue weighted by atomic mass is 10.00. The summed E-state index contributed by atoms with van der Waals surface area (Å²) in [5.41, 5.74) is 2.47. The van der Waals surface area contributed by atoms with Crippen LogP contribution in [0.25, 0.3) is 0 Å². The van der Waals surface area contributed by atoms with Crippen LogP contribution >= 0.6 is 0 Å². The fourth-order valence-corrected chi connectivity index (χ4v) is 4.41. The Kier molecular flexibility index (Phi) is 11.0. The van der Waals surface area contributed by atoms with Crippen molar-refractivity contribution in [2.45, 2.75) is 109 Å². The van der Waals surface area contributed by atoms with Gasteiger partial charge in [-0.15, -0.1) is 0 Å². The van der Waals surface area contributed by atoms with Crippen molar-refractivity contribution in [1.29, 1.82) is 0 Å². The van der Waals surface area contributed by atoms with Crippen molar-refractivity contribution in [1.82, 2.24) is 0 Å². The molecule has 0 saturated carbocycles. The maximum Gasteiger partial charge on any atom is 0.192 e. The maximum atomic E-state index is 10.0. The van der Waals surface area contributed by atoms with E-state index in [0.29, 0.717) is 6.42 Å². The van der Waals surface area contributed by atoms with Gasteiger partial charge in [0.1, 0.15) is 0 Å². The third-order valence-electron chi connectivity index (χ3n) is 6.11. The molecule has 0 radical (unpaired) electrons. The molecule has 0 aliphatic rings. The fraction of sp³-hybridized carbons (Fsp3) is 0.750. The second-order valence-electron chi connectivity index (χ2n) is 9.70. The first-order chi connectivity index (χ1) is 13.1. The van der Waals surface area contributed by atoms with E-state index in [1.807, 2.05) is 0 Å². The molecule has 0 spiro atoms. The van der Waals surface area contributed by atoms with E-state index in [2.05, 4.69) is 65.1 Å². The molecule has 1 aromatic rings. The number of rotatable bonds is 13. The highest BCUT2D eigenvalue weighted by Gasteiger charge is 2.39. The predicted molar refractivity (Wildman–Crippen MR) is 122 cm³/mol. The lowest BCUT2D eigenvalue weighted by Gasteiger charge is -2.40. The van der Waals surface area contributed by atoms with E-state index in [-0.39, 0.29) is 17.7 Å². The Morgan fingerprint density at radius 2 is 1.54 bits per heavy atom. The summed E-state index contributed by atoms with van der Waals surface area (Å²) in [5.74, 6) is 0. The highest BCUT2D eigenvalue weighted by atomic mass is 28.4. The van der Waals surface area contributed by atoms with Gasteiger partial charge in [-0.05, 0) is 42.1 Å². The van der Waals surface area contributed by atoms with E-state index in [1.54, 1.807) is 0 Å². The number of aliphatic hydroxyl groups excluding tert-OH is 2. The first-order valence-corrected chi connectivity index (χ1v) is 14.1. The van der Waals surface area contributed by atoms with Crippen molar-refractivity contribution in [3.05, 3.63) is 35.4 Å². The summed E-state index contributed by atoms with van der Waals surface area (Å²) in [4.78, 5) is 0. The minimum Gasteiger partial charge on any atom is -0.410 e. The Morgan fingerprint density at radius 1 is 0.964 bits per heavy atom. The van der Waals surface area contributed by atoms with Crippen molar-refractivity contribution in [2.75, 3.05) is 6.61 Å². The van der Waals surface area contributed by atoms with Gasteiger partial charge in [-0.2, -0.15) is 0 Å². The SMILES string of the molecule is CCCCCCCCc1ccc(C(CC(O)CO)O[Si](C)(C)C(C)(C)C)cc1. The number of hydrogen-bond donors (Lipinski definition) is 2. The third kappa shape index (κ3) is 8.77. The van der Waals surface area contributed by atoms with E-state index in [0.717, 1.165) is 12.0 Å². The molecule has 28 heavy (non-hydrogen) atoms. The molecule has 162 valence electrons. The Hall–Kier alpha value is -0.683. The molecule has 0 heterocycles. The summed E-state index contributed by atoms with van der Waals surface area (Å²) < 4.78 is 6.60. The van der Waals surface area contributed by atoms with Crippen LogP contribution in [0.1, 0.15) is 89.9 Å². The molecule has 0 fully saturated rings. The van der Waals surface area contributed by atoms with Crippen molar-refractivity contribution >= 4 is 8.32 Å². The molecule has 0 aliphatic heterocycles. The number of aliphatic hydroxyl groups is 2. The monoisotopic (exact) mass is 408 g/mol. The molecule has 3 nitrogen and oxygen atoms in total. The average molecular weight is 409 g/mol. The van der Waals surface area contributed by atoms with Crippen LogP contribution in [0.3, 0.4) is 0 Å². The van der Waals surface area contributed by atoms with Crippen molar-refractivity contribution in [2.24, 2.45) is 0 Å². The first-order valence-electron chi connectivity index (χ1n) is 11.2. The van der Waals surface area contributed by atoms with Crippen LogP contribution in [-0.4, -0.2) is 31.2 Å². The van der Waals surface area contributed by atoms with Gasteiger partial charge >= 0.3 is 0 Å². The molecule has 1 rings (SSSR count). The lowest BCUT2D eigenvalue weighted by Crippen LogP contribution is -2.42. The summed E-state index contributed by atoms with van der Waals surface area (Å²) >= 11 is 0. The molecule has 0 saturated heterocycles. The number of unbranched alkanes of at least 4 members (excludes halogenated alkanes) is 5. The fourth-order valence-electron chi connectivity index (χ4n) is 3.11. The zero-order chi connectivity index (χ0) is 21.2. The summed E-state index contributed by atoms with van der Waals surface area (Å²) in [7, 11) is -1.97. The maximum absolute atomic E-state index is 10.0. The molecular weight excluding hydrogens is 364 g/mol. The molecule has 2 N–H and O–H groups in total. The first kappa shape index (κ1) is 25.4. The molecule has 0 amide bonds. The van der Waals surface area contributed by atoms with Crippen LogP contribution in [-0.2, 0) is 10.8 Å². The normalized spacial score (nSPS) is 14.9. The summed E-state index contributed by atoms with van der Waals surface area (Å²) in [6, 6.07) is 8.70. The van der Waals surface area contributed by atoms with E-state index in [9.17, 15) is 10.2 Å². The average Bonchev–Trinajstić information content (AvgIpc) is 2.63. The van der Waals surface area contributed by atoms with Gasteiger partial charge in [0, 0.05) is 6.42 Å². The van der Waals surface area contributed by atoms with Gasteiger partial charge in [-0.1, -0.05) is 84.1 Å². The van der Waals surface area contributed by atoms with Gasteiger partial charge in [0.15, 0.2) is 8.32 Å². The minimum absolute atomic E-state index is 0.104. The smallest absolute Gasteiger partial charge is 0.192 e. The molecule has 2 unspecified atom stereocenters. The van der Waals surface area contributed by atoms with E-state index < -0.39 is 14.4 Å². The standard InChI is InChI=1S/C24H44O3Si/c1-7-8-9-10-11-12-13-20-14-16-21(17-15-20)23(18-22(26)19-25)27-28(5,6)24(2,3)4/h14-17,22-23,25-26H,7-13,18-19H2,1-6H3. The molecule has 0 aromatic heterocycles.